The van der Waals surface area contributed by atoms with Crippen LogP contribution in [-0.2, 0) is 4.79 Å². The predicted octanol–water partition coefficient (Wildman–Crippen LogP) is 0.880. The van der Waals surface area contributed by atoms with Crippen LogP contribution in [-0.4, -0.2) is 22.7 Å². The van der Waals surface area contributed by atoms with Gasteiger partial charge in [0.25, 0.3) is 0 Å². The number of amides is 1. The van der Waals surface area contributed by atoms with Crippen LogP contribution >= 0.6 is 0 Å². The summed E-state index contributed by atoms with van der Waals surface area (Å²) in [5.41, 5.74) is 0. The minimum atomic E-state index is -0.225. The van der Waals surface area contributed by atoms with Gasteiger partial charge >= 0.3 is 0 Å². The van der Waals surface area contributed by atoms with Crippen LogP contribution in [0.4, 0.5) is 0 Å². The lowest BCUT2D eigenvalue weighted by atomic mass is 10.2. The Kier molecular flexibility index (Phi) is 3.24. The first-order valence-corrected chi connectivity index (χ1v) is 3.09. The number of hydrogen-bond donors (Lipinski definition) is 1. The van der Waals surface area contributed by atoms with Crippen LogP contribution in [0.3, 0.4) is 0 Å². The van der Waals surface area contributed by atoms with Crippen molar-refractivity contribution in [2.45, 2.75) is 20.8 Å². The Bertz CT molecular complexity index is 101. The average molecular weight is 131 g/mol. The highest BCUT2D eigenvalue weighted by molar-refractivity contribution is 5.76. The van der Waals surface area contributed by atoms with Crippen LogP contribution in [0, 0.1) is 5.92 Å². The monoisotopic (exact) mass is 131 g/mol. The Morgan fingerprint density at radius 2 is 2.11 bits per heavy atom. The summed E-state index contributed by atoms with van der Waals surface area (Å²) in [5, 5.41) is 9.51. The molecule has 0 aliphatic carbocycles. The highest BCUT2D eigenvalue weighted by Gasteiger charge is 2.11. The molecule has 0 aromatic carbocycles. The van der Waals surface area contributed by atoms with Gasteiger partial charge in [0.05, 0.1) is 0 Å². The van der Waals surface area contributed by atoms with E-state index in [4.69, 9.17) is 5.21 Å². The van der Waals surface area contributed by atoms with Gasteiger partial charge in [-0.2, -0.15) is 0 Å². The van der Waals surface area contributed by atoms with E-state index in [1.807, 2.05) is 0 Å². The third kappa shape index (κ3) is 2.46. The number of hydrogen-bond acceptors (Lipinski definition) is 2. The molecule has 0 fully saturated rings. The molecule has 3 heteroatoms. The lowest BCUT2D eigenvalue weighted by molar-refractivity contribution is -0.167. The van der Waals surface area contributed by atoms with Crippen molar-refractivity contribution < 1.29 is 10.0 Å². The summed E-state index contributed by atoms with van der Waals surface area (Å²) < 4.78 is 0. The molecular formula is C6H13NO2. The third-order valence-electron chi connectivity index (χ3n) is 1.05. The molecule has 0 radical (unpaired) electrons. The molecule has 0 aliphatic rings. The second-order valence-electron chi connectivity index (χ2n) is 2.21. The fourth-order valence-corrected chi connectivity index (χ4v) is 0.454. The van der Waals surface area contributed by atoms with Gasteiger partial charge in [0.15, 0.2) is 0 Å². The number of rotatable bonds is 2. The van der Waals surface area contributed by atoms with Crippen molar-refractivity contribution in [3.63, 3.8) is 0 Å². The lowest BCUT2D eigenvalue weighted by Crippen LogP contribution is -2.30. The van der Waals surface area contributed by atoms with Crippen molar-refractivity contribution in [3.05, 3.63) is 0 Å². The fourth-order valence-electron chi connectivity index (χ4n) is 0.454. The second-order valence-corrected chi connectivity index (χ2v) is 2.21. The Hall–Kier alpha value is -0.570. The van der Waals surface area contributed by atoms with Crippen molar-refractivity contribution in [3.8, 4) is 0 Å². The lowest BCUT2D eigenvalue weighted by Gasteiger charge is -2.13. The van der Waals surface area contributed by atoms with Gasteiger partial charge in [0, 0.05) is 12.5 Å². The van der Waals surface area contributed by atoms with Gasteiger partial charge < -0.3 is 0 Å². The molecule has 9 heavy (non-hydrogen) atoms. The quantitative estimate of drug-likeness (QED) is 0.446. The maximum atomic E-state index is 10.7. The molecule has 3 nitrogen and oxygen atoms in total. The van der Waals surface area contributed by atoms with Gasteiger partial charge in [0.1, 0.15) is 0 Å². The molecule has 54 valence electrons. The zero-order valence-electron chi connectivity index (χ0n) is 6.09. The average Bonchev–Trinajstić information content (AvgIpc) is 1.84. The van der Waals surface area contributed by atoms with Gasteiger partial charge in [-0.1, -0.05) is 13.8 Å². The van der Waals surface area contributed by atoms with E-state index in [2.05, 4.69) is 0 Å². The van der Waals surface area contributed by atoms with Crippen molar-refractivity contribution in [2.24, 2.45) is 5.92 Å². The van der Waals surface area contributed by atoms with Crippen molar-refractivity contribution in [2.75, 3.05) is 6.54 Å². The zero-order chi connectivity index (χ0) is 7.44. The summed E-state index contributed by atoms with van der Waals surface area (Å²) in [6.07, 6.45) is 0. The first kappa shape index (κ1) is 8.43. The zero-order valence-corrected chi connectivity index (χ0v) is 6.09. The molecule has 0 bridgehead atoms. The van der Waals surface area contributed by atoms with Crippen molar-refractivity contribution in [1.29, 1.82) is 0 Å². The maximum Gasteiger partial charge on any atom is 0.248 e. The summed E-state index contributed by atoms with van der Waals surface area (Å²) >= 11 is 0. The molecule has 0 spiro atoms. The normalized spacial score (nSPS) is 9.89. The van der Waals surface area contributed by atoms with Gasteiger partial charge in [-0.3, -0.25) is 10.0 Å². The molecule has 0 rings (SSSR count). The van der Waals surface area contributed by atoms with Crippen LogP contribution in [0.2, 0.25) is 0 Å². The van der Waals surface area contributed by atoms with Gasteiger partial charge in [-0.25, -0.2) is 5.06 Å². The third-order valence-corrected chi connectivity index (χ3v) is 1.05. The topological polar surface area (TPSA) is 40.5 Å². The SMILES string of the molecule is CCN(O)C(=O)C(C)C. The van der Waals surface area contributed by atoms with Crippen LogP contribution in [0.15, 0.2) is 0 Å². The van der Waals surface area contributed by atoms with E-state index in [-0.39, 0.29) is 11.8 Å². The summed E-state index contributed by atoms with van der Waals surface area (Å²) in [6, 6.07) is 0. The van der Waals surface area contributed by atoms with Crippen LogP contribution in [0.25, 0.3) is 0 Å². The van der Waals surface area contributed by atoms with Gasteiger partial charge in [-0.05, 0) is 6.92 Å². The molecule has 0 unspecified atom stereocenters. The van der Waals surface area contributed by atoms with Crippen molar-refractivity contribution in [1.82, 2.24) is 5.06 Å². The molecule has 0 saturated carbocycles. The van der Waals surface area contributed by atoms with E-state index in [9.17, 15) is 4.79 Å². The molecule has 0 aromatic rings. The Labute approximate surface area is 55.2 Å². The van der Waals surface area contributed by atoms with E-state index >= 15 is 0 Å². The molecule has 0 heterocycles. The van der Waals surface area contributed by atoms with Crippen LogP contribution in [0.1, 0.15) is 20.8 Å². The van der Waals surface area contributed by atoms with E-state index in [1.54, 1.807) is 20.8 Å². The highest BCUT2D eigenvalue weighted by atomic mass is 16.5. The summed E-state index contributed by atoms with van der Waals surface area (Å²) in [6.45, 7) is 5.58. The molecule has 0 aromatic heterocycles. The van der Waals surface area contributed by atoms with E-state index < -0.39 is 0 Å². The molecule has 0 saturated heterocycles. The second kappa shape index (κ2) is 3.45. The predicted molar refractivity (Wildman–Crippen MR) is 34.0 cm³/mol. The molecule has 1 amide bonds. The highest BCUT2D eigenvalue weighted by Crippen LogP contribution is 1.96. The summed E-state index contributed by atoms with van der Waals surface area (Å²) in [5.74, 6) is -0.340. The van der Waals surface area contributed by atoms with Crippen LogP contribution in [0.5, 0.6) is 0 Å². The van der Waals surface area contributed by atoms with E-state index in [0.717, 1.165) is 5.06 Å². The number of nitrogens with zero attached hydrogens (tertiary/aromatic N) is 1. The van der Waals surface area contributed by atoms with Crippen LogP contribution < -0.4 is 0 Å². The Morgan fingerprint density at radius 1 is 1.67 bits per heavy atom. The van der Waals surface area contributed by atoms with Gasteiger partial charge in [0.2, 0.25) is 5.91 Å². The van der Waals surface area contributed by atoms with Gasteiger partial charge in [-0.15, -0.1) is 0 Å². The smallest absolute Gasteiger partial charge is 0.248 e. The van der Waals surface area contributed by atoms with Crippen molar-refractivity contribution >= 4 is 5.91 Å². The minimum absolute atomic E-state index is 0.116. The molecule has 0 atom stereocenters. The minimum Gasteiger partial charge on any atom is -0.286 e. The van der Waals surface area contributed by atoms with E-state index in [0.29, 0.717) is 6.54 Å². The largest absolute Gasteiger partial charge is 0.286 e. The molecule has 0 aliphatic heterocycles. The Balaban J connectivity index is 3.73. The maximum absolute atomic E-state index is 10.7. The molecular weight excluding hydrogens is 118 g/mol. The standard InChI is InChI=1S/C6H13NO2/c1-4-7(9)6(8)5(2)3/h5,9H,4H2,1-3H3. The van der Waals surface area contributed by atoms with E-state index in [1.165, 1.54) is 0 Å². The summed E-state index contributed by atoms with van der Waals surface area (Å²) in [4.78, 5) is 10.7. The number of hydroxylamine groups is 2. The Morgan fingerprint density at radius 3 is 2.22 bits per heavy atom. The molecule has 1 N–H and O–H groups in total. The first-order chi connectivity index (χ1) is 4.09. The number of carbonyl (C=O) groups excluding carboxylic acids is 1. The fraction of sp³-hybridized carbons (Fsp3) is 0.833. The number of carbonyl (C=O) groups is 1. The first-order valence-electron chi connectivity index (χ1n) is 3.09. The summed E-state index contributed by atoms with van der Waals surface area (Å²) in [7, 11) is 0.